The van der Waals surface area contributed by atoms with Crippen LogP contribution in [-0.4, -0.2) is 44.5 Å². The smallest absolute Gasteiger partial charge is 0.0589 e. The Morgan fingerprint density at radius 3 is 2.73 bits per heavy atom. The molecule has 0 aliphatic rings. The summed E-state index contributed by atoms with van der Waals surface area (Å²) in [6.07, 6.45) is 0. The molecule has 0 fully saturated rings. The number of rotatable bonds is 6. The highest BCUT2D eigenvalue weighted by Gasteiger charge is 1.98. The first kappa shape index (κ1) is 11.0. The molecule has 0 saturated carbocycles. The number of likely N-dealkylation sites (N-methyl/N-ethyl adjacent to an activating group) is 1. The lowest BCUT2D eigenvalue weighted by atomic mass is 10.3. The molecular formula is C8H17NOS. The summed E-state index contributed by atoms with van der Waals surface area (Å²) in [4.78, 5) is 2.17. The number of ether oxygens (including phenoxy) is 1. The first-order valence-electron chi connectivity index (χ1n) is 3.65. The lowest BCUT2D eigenvalue weighted by molar-refractivity contribution is 0.165. The fraction of sp³-hybridized carbons (Fsp3) is 0.750. The first-order chi connectivity index (χ1) is 5.20. The van der Waals surface area contributed by atoms with Gasteiger partial charge in [-0.1, -0.05) is 12.2 Å². The van der Waals surface area contributed by atoms with Gasteiger partial charge in [-0.25, -0.2) is 0 Å². The predicted molar refractivity (Wildman–Crippen MR) is 52.4 cm³/mol. The molecule has 0 aromatic carbocycles. The van der Waals surface area contributed by atoms with Crippen molar-refractivity contribution in [2.75, 3.05) is 39.6 Å². The van der Waals surface area contributed by atoms with E-state index < -0.39 is 0 Å². The van der Waals surface area contributed by atoms with E-state index in [9.17, 15) is 0 Å². The summed E-state index contributed by atoms with van der Waals surface area (Å²) < 4.78 is 4.94. The van der Waals surface area contributed by atoms with Crippen LogP contribution in [0.4, 0.5) is 0 Å². The van der Waals surface area contributed by atoms with Crippen LogP contribution in [0.25, 0.3) is 0 Å². The van der Waals surface area contributed by atoms with Crippen molar-refractivity contribution in [2.24, 2.45) is 0 Å². The Balaban J connectivity index is 3.35. The van der Waals surface area contributed by atoms with E-state index >= 15 is 0 Å². The number of hydrogen-bond acceptors (Lipinski definition) is 3. The Kier molecular flexibility index (Phi) is 6.71. The Morgan fingerprint density at radius 2 is 2.27 bits per heavy atom. The standard InChI is InChI=1S/C8H17NOS/c1-8(7-11)6-9(2)4-5-10-3/h11H,1,4-7H2,2-3H3. The average Bonchev–Trinajstić information content (AvgIpc) is 2.00. The third kappa shape index (κ3) is 6.41. The van der Waals surface area contributed by atoms with Crippen LogP contribution < -0.4 is 0 Å². The molecule has 0 amide bonds. The number of nitrogens with zero attached hydrogens (tertiary/aromatic N) is 1. The number of thiol groups is 1. The summed E-state index contributed by atoms with van der Waals surface area (Å²) in [5, 5.41) is 0. The molecule has 0 N–H and O–H groups in total. The lowest BCUT2D eigenvalue weighted by Crippen LogP contribution is -2.25. The summed E-state index contributed by atoms with van der Waals surface area (Å²) in [5.74, 6) is 0.761. The molecule has 0 atom stereocenters. The zero-order valence-electron chi connectivity index (χ0n) is 7.34. The van der Waals surface area contributed by atoms with Crippen molar-refractivity contribution >= 4 is 12.6 Å². The fourth-order valence-electron chi connectivity index (χ4n) is 0.758. The third-order valence-electron chi connectivity index (χ3n) is 1.39. The van der Waals surface area contributed by atoms with E-state index in [0.717, 1.165) is 31.0 Å². The molecule has 0 heterocycles. The summed E-state index contributed by atoms with van der Waals surface area (Å²) in [7, 11) is 3.76. The molecule has 0 aliphatic heterocycles. The van der Waals surface area contributed by atoms with Crippen LogP contribution >= 0.6 is 12.6 Å². The van der Waals surface area contributed by atoms with Gasteiger partial charge < -0.3 is 9.64 Å². The molecule has 0 rings (SSSR count). The SMILES string of the molecule is C=C(CS)CN(C)CCOC. The zero-order chi connectivity index (χ0) is 8.69. The fourth-order valence-corrected chi connectivity index (χ4v) is 0.858. The Bertz CT molecular complexity index is 117. The Morgan fingerprint density at radius 1 is 1.64 bits per heavy atom. The topological polar surface area (TPSA) is 12.5 Å². The molecule has 2 nitrogen and oxygen atoms in total. The summed E-state index contributed by atoms with van der Waals surface area (Å²) in [5.41, 5.74) is 1.15. The number of hydrogen-bond donors (Lipinski definition) is 1. The van der Waals surface area contributed by atoms with E-state index in [1.54, 1.807) is 7.11 Å². The van der Waals surface area contributed by atoms with Gasteiger partial charge in [-0.2, -0.15) is 12.6 Å². The van der Waals surface area contributed by atoms with E-state index in [1.165, 1.54) is 0 Å². The molecule has 0 aliphatic carbocycles. The van der Waals surface area contributed by atoms with Gasteiger partial charge in [0.25, 0.3) is 0 Å². The minimum Gasteiger partial charge on any atom is -0.383 e. The van der Waals surface area contributed by atoms with E-state index in [-0.39, 0.29) is 0 Å². The van der Waals surface area contributed by atoms with Gasteiger partial charge in [0.1, 0.15) is 0 Å². The first-order valence-corrected chi connectivity index (χ1v) is 4.29. The molecule has 0 radical (unpaired) electrons. The van der Waals surface area contributed by atoms with Crippen molar-refractivity contribution in [3.8, 4) is 0 Å². The minimum atomic E-state index is 0.761. The van der Waals surface area contributed by atoms with E-state index in [1.807, 2.05) is 7.05 Å². The maximum Gasteiger partial charge on any atom is 0.0589 e. The van der Waals surface area contributed by atoms with E-state index in [2.05, 4.69) is 24.1 Å². The van der Waals surface area contributed by atoms with Gasteiger partial charge >= 0.3 is 0 Å². The molecule has 3 heteroatoms. The van der Waals surface area contributed by atoms with Crippen molar-refractivity contribution in [1.82, 2.24) is 4.90 Å². The van der Waals surface area contributed by atoms with Gasteiger partial charge in [0.15, 0.2) is 0 Å². The summed E-state index contributed by atoms with van der Waals surface area (Å²) in [6, 6.07) is 0. The van der Waals surface area contributed by atoms with Crippen molar-refractivity contribution in [1.29, 1.82) is 0 Å². The highest BCUT2D eigenvalue weighted by atomic mass is 32.1. The second kappa shape index (κ2) is 6.70. The quantitative estimate of drug-likeness (QED) is 0.478. The van der Waals surface area contributed by atoms with E-state index in [4.69, 9.17) is 4.74 Å². The van der Waals surface area contributed by atoms with Crippen LogP contribution in [0.3, 0.4) is 0 Å². The van der Waals surface area contributed by atoms with Crippen molar-refractivity contribution in [3.05, 3.63) is 12.2 Å². The summed E-state index contributed by atoms with van der Waals surface area (Å²) in [6.45, 7) is 6.49. The second-order valence-corrected chi connectivity index (χ2v) is 2.95. The molecule has 11 heavy (non-hydrogen) atoms. The molecule has 0 spiro atoms. The van der Waals surface area contributed by atoms with Crippen molar-refractivity contribution in [2.45, 2.75) is 0 Å². The maximum absolute atomic E-state index is 4.94. The molecule has 0 unspecified atom stereocenters. The molecule has 0 saturated heterocycles. The van der Waals surface area contributed by atoms with Crippen LogP contribution in [-0.2, 0) is 4.74 Å². The predicted octanol–water partition coefficient (Wildman–Crippen LogP) is 1.05. The molecular weight excluding hydrogens is 158 g/mol. The van der Waals surface area contributed by atoms with Gasteiger partial charge in [0.2, 0.25) is 0 Å². The van der Waals surface area contributed by atoms with Gasteiger partial charge in [-0.05, 0) is 7.05 Å². The summed E-state index contributed by atoms with van der Waals surface area (Å²) >= 11 is 4.12. The van der Waals surface area contributed by atoms with Crippen LogP contribution in [0.2, 0.25) is 0 Å². The lowest BCUT2D eigenvalue weighted by Gasteiger charge is -2.16. The second-order valence-electron chi connectivity index (χ2n) is 2.64. The van der Waals surface area contributed by atoms with E-state index in [0.29, 0.717) is 0 Å². The van der Waals surface area contributed by atoms with Crippen LogP contribution in [0.1, 0.15) is 0 Å². The minimum absolute atomic E-state index is 0.761. The van der Waals surface area contributed by atoms with Gasteiger partial charge in [-0.3, -0.25) is 0 Å². The molecule has 66 valence electrons. The van der Waals surface area contributed by atoms with Crippen molar-refractivity contribution in [3.63, 3.8) is 0 Å². The molecule has 0 bridgehead atoms. The Labute approximate surface area is 74.6 Å². The normalized spacial score (nSPS) is 10.5. The molecule has 0 aromatic rings. The van der Waals surface area contributed by atoms with Crippen LogP contribution in [0, 0.1) is 0 Å². The zero-order valence-corrected chi connectivity index (χ0v) is 8.23. The highest BCUT2D eigenvalue weighted by molar-refractivity contribution is 7.80. The van der Waals surface area contributed by atoms with Gasteiger partial charge in [0, 0.05) is 26.0 Å². The largest absolute Gasteiger partial charge is 0.383 e. The molecule has 0 aromatic heterocycles. The monoisotopic (exact) mass is 175 g/mol. The number of methoxy groups -OCH3 is 1. The van der Waals surface area contributed by atoms with Gasteiger partial charge in [-0.15, -0.1) is 0 Å². The average molecular weight is 175 g/mol. The van der Waals surface area contributed by atoms with Crippen LogP contribution in [0.5, 0.6) is 0 Å². The maximum atomic E-state index is 4.94. The third-order valence-corrected chi connectivity index (χ3v) is 1.84. The van der Waals surface area contributed by atoms with Crippen molar-refractivity contribution < 1.29 is 4.74 Å². The van der Waals surface area contributed by atoms with Crippen LogP contribution in [0.15, 0.2) is 12.2 Å². The van der Waals surface area contributed by atoms with Gasteiger partial charge in [0.05, 0.1) is 6.61 Å². The highest BCUT2D eigenvalue weighted by Crippen LogP contribution is 1.95. The Hall–Kier alpha value is 0.01000.